The number of nitrogens with zero attached hydrogens (tertiary/aromatic N) is 3. The van der Waals surface area contributed by atoms with Gasteiger partial charge in [-0.2, -0.15) is 0 Å². The van der Waals surface area contributed by atoms with Crippen molar-refractivity contribution in [3.63, 3.8) is 0 Å². The number of carboxylic acids is 1. The first-order valence-corrected chi connectivity index (χ1v) is 7.05. The van der Waals surface area contributed by atoms with E-state index < -0.39 is 5.97 Å². The van der Waals surface area contributed by atoms with Crippen molar-refractivity contribution >= 4 is 23.5 Å². The third-order valence-corrected chi connectivity index (χ3v) is 3.86. The smallest absolute Gasteiger partial charge is 0.313 e. The quantitative estimate of drug-likeness (QED) is 0.664. The fraction of sp³-hybridized carbons (Fsp3) is 0.583. The number of carbonyl (C=O) groups is 1. The molecule has 1 N–H and O–H groups in total. The monoisotopic (exact) mass is 267 g/mol. The minimum atomic E-state index is -0.827. The molecule has 1 aromatic rings. The molecule has 0 aliphatic carbocycles. The van der Waals surface area contributed by atoms with Crippen LogP contribution in [-0.2, 0) is 4.79 Å². The molecule has 0 bridgehead atoms. The summed E-state index contributed by atoms with van der Waals surface area (Å²) < 4.78 is 0. The van der Waals surface area contributed by atoms with Gasteiger partial charge in [0, 0.05) is 19.2 Å². The van der Waals surface area contributed by atoms with E-state index in [1.165, 1.54) is 30.9 Å². The van der Waals surface area contributed by atoms with E-state index in [1.807, 2.05) is 6.07 Å². The highest BCUT2D eigenvalue weighted by Crippen LogP contribution is 2.24. The lowest BCUT2D eigenvalue weighted by atomic mass is 10.0. The van der Waals surface area contributed by atoms with Crippen LogP contribution in [0.3, 0.4) is 0 Å². The van der Waals surface area contributed by atoms with Crippen LogP contribution in [0.2, 0.25) is 0 Å². The van der Waals surface area contributed by atoms with Gasteiger partial charge in [0.15, 0.2) is 0 Å². The van der Waals surface area contributed by atoms with Gasteiger partial charge in [-0.15, -0.1) is 0 Å². The van der Waals surface area contributed by atoms with Gasteiger partial charge >= 0.3 is 5.97 Å². The van der Waals surface area contributed by atoms with Crippen molar-refractivity contribution in [2.75, 3.05) is 23.7 Å². The fourth-order valence-electron chi connectivity index (χ4n) is 2.11. The first kappa shape index (κ1) is 13.1. The second kappa shape index (κ2) is 6.04. The van der Waals surface area contributed by atoms with Crippen molar-refractivity contribution in [3.8, 4) is 0 Å². The average molecular weight is 267 g/mol. The van der Waals surface area contributed by atoms with E-state index in [-0.39, 0.29) is 5.75 Å². The molecular formula is C12H17N3O2S. The number of rotatable bonds is 4. The predicted octanol–water partition coefficient (Wildman–Crippen LogP) is 1.89. The van der Waals surface area contributed by atoms with E-state index in [0.717, 1.165) is 23.9 Å². The van der Waals surface area contributed by atoms with Crippen LogP contribution in [0.5, 0.6) is 0 Å². The van der Waals surface area contributed by atoms with E-state index in [2.05, 4.69) is 21.8 Å². The highest BCUT2D eigenvalue weighted by atomic mass is 32.2. The number of piperidine rings is 1. The van der Waals surface area contributed by atoms with Gasteiger partial charge in [0.2, 0.25) is 0 Å². The number of aromatic nitrogens is 2. The zero-order chi connectivity index (χ0) is 13.0. The van der Waals surface area contributed by atoms with Gasteiger partial charge in [0.25, 0.3) is 0 Å². The van der Waals surface area contributed by atoms with Crippen LogP contribution >= 0.6 is 11.8 Å². The number of hydrogen-bond acceptors (Lipinski definition) is 5. The second-order valence-electron chi connectivity index (χ2n) is 4.59. The number of carboxylic acid groups (broad SMARTS) is 1. The van der Waals surface area contributed by atoms with Crippen molar-refractivity contribution in [1.29, 1.82) is 0 Å². The normalized spacial score (nSPS) is 19.8. The fourth-order valence-corrected chi connectivity index (χ4v) is 2.70. The van der Waals surface area contributed by atoms with Gasteiger partial charge in [-0.05, 0) is 18.8 Å². The molecule has 0 radical (unpaired) electrons. The van der Waals surface area contributed by atoms with Crippen molar-refractivity contribution in [3.05, 3.63) is 12.4 Å². The summed E-state index contributed by atoms with van der Waals surface area (Å²) in [5, 5.41) is 9.38. The summed E-state index contributed by atoms with van der Waals surface area (Å²) in [5.74, 6) is 0.798. The molecule has 18 heavy (non-hydrogen) atoms. The molecule has 1 fully saturated rings. The van der Waals surface area contributed by atoms with Crippen molar-refractivity contribution in [2.45, 2.75) is 24.8 Å². The Morgan fingerprint density at radius 3 is 3.17 bits per heavy atom. The molecule has 6 heteroatoms. The van der Waals surface area contributed by atoms with Crippen LogP contribution in [0.1, 0.15) is 19.8 Å². The lowest BCUT2D eigenvalue weighted by Gasteiger charge is -2.31. The summed E-state index contributed by atoms with van der Waals surface area (Å²) in [6.45, 7) is 4.28. The SMILES string of the molecule is CC1CCCN(c2cc(SCC(=O)O)ncn2)C1. The van der Waals surface area contributed by atoms with Crippen LogP contribution in [0.15, 0.2) is 17.4 Å². The Balaban J connectivity index is 2.04. The standard InChI is InChI=1S/C12H17N3O2S/c1-9-3-2-4-15(6-9)10-5-11(14-8-13-10)18-7-12(16)17/h5,8-9H,2-4,6-7H2,1H3,(H,16,17). The van der Waals surface area contributed by atoms with Gasteiger partial charge < -0.3 is 10.0 Å². The minimum Gasteiger partial charge on any atom is -0.481 e. The summed E-state index contributed by atoms with van der Waals surface area (Å²) >= 11 is 1.23. The van der Waals surface area contributed by atoms with Gasteiger partial charge in [0.05, 0.1) is 5.75 Å². The Kier molecular flexibility index (Phi) is 4.41. The summed E-state index contributed by atoms with van der Waals surface area (Å²) in [5.41, 5.74) is 0. The van der Waals surface area contributed by atoms with Crippen LogP contribution in [-0.4, -0.2) is 39.9 Å². The molecule has 0 aromatic carbocycles. The maximum absolute atomic E-state index is 10.5. The van der Waals surface area contributed by atoms with Crippen molar-refractivity contribution in [1.82, 2.24) is 9.97 Å². The van der Waals surface area contributed by atoms with Crippen LogP contribution in [0, 0.1) is 5.92 Å². The van der Waals surface area contributed by atoms with Gasteiger partial charge in [-0.3, -0.25) is 4.79 Å². The molecule has 0 saturated carbocycles. The molecule has 2 heterocycles. The predicted molar refractivity (Wildman–Crippen MR) is 71.0 cm³/mol. The summed E-state index contributed by atoms with van der Waals surface area (Å²) in [6, 6.07) is 1.88. The lowest BCUT2D eigenvalue weighted by molar-refractivity contribution is -0.133. The van der Waals surface area contributed by atoms with Crippen molar-refractivity contribution < 1.29 is 9.90 Å². The van der Waals surface area contributed by atoms with Crippen molar-refractivity contribution in [2.24, 2.45) is 5.92 Å². The van der Waals surface area contributed by atoms with Crippen LogP contribution in [0.25, 0.3) is 0 Å². The Bertz CT molecular complexity index is 428. The van der Waals surface area contributed by atoms with Gasteiger partial charge in [-0.25, -0.2) is 9.97 Å². The molecule has 98 valence electrons. The van der Waals surface area contributed by atoms with E-state index in [4.69, 9.17) is 5.11 Å². The highest BCUT2D eigenvalue weighted by Gasteiger charge is 2.18. The summed E-state index contributed by atoms with van der Waals surface area (Å²) in [7, 11) is 0. The topological polar surface area (TPSA) is 66.3 Å². The average Bonchev–Trinajstić information content (AvgIpc) is 2.37. The highest BCUT2D eigenvalue weighted by molar-refractivity contribution is 7.99. The molecule has 1 unspecified atom stereocenters. The molecular weight excluding hydrogens is 250 g/mol. The molecule has 0 spiro atoms. The number of aliphatic carboxylic acids is 1. The summed E-state index contributed by atoms with van der Waals surface area (Å²) in [6.07, 6.45) is 3.96. The molecule has 5 nitrogen and oxygen atoms in total. The van der Waals surface area contributed by atoms with E-state index in [9.17, 15) is 4.79 Å². The number of thioether (sulfide) groups is 1. The molecule has 1 aliphatic rings. The molecule has 1 aliphatic heterocycles. The Morgan fingerprint density at radius 2 is 2.44 bits per heavy atom. The largest absolute Gasteiger partial charge is 0.481 e. The number of anilines is 1. The zero-order valence-corrected chi connectivity index (χ0v) is 11.2. The third-order valence-electron chi connectivity index (χ3n) is 2.95. The molecule has 1 aromatic heterocycles. The molecule has 0 amide bonds. The maximum atomic E-state index is 10.5. The maximum Gasteiger partial charge on any atom is 0.313 e. The zero-order valence-electron chi connectivity index (χ0n) is 10.4. The summed E-state index contributed by atoms with van der Waals surface area (Å²) in [4.78, 5) is 21.1. The Morgan fingerprint density at radius 1 is 1.61 bits per heavy atom. The molecule has 1 atom stereocenters. The third kappa shape index (κ3) is 3.60. The Hall–Kier alpha value is -1.30. The second-order valence-corrected chi connectivity index (χ2v) is 5.59. The van der Waals surface area contributed by atoms with E-state index >= 15 is 0 Å². The first-order valence-electron chi connectivity index (χ1n) is 6.06. The number of hydrogen-bond donors (Lipinski definition) is 1. The molecule has 2 rings (SSSR count). The van der Waals surface area contributed by atoms with E-state index in [0.29, 0.717) is 5.92 Å². The molecule has 1 saturated heterocycles. The lowest BCUT2D eigenvalue weighted by Crippen LogP contribution is -2.34. The van der Waals surface area contributed by atoms with E-state index in [1.54, 1.807) is 0 Å². The van der Waals surface area contributed by atoms with Crippen LogP contribution in [0.4, 0.5) is 5.82 Å². The first-order chi connectivity index (χ1) is 8.65. The minimum absolute atomic E-state index is 0.0346. The van der Waals surface area contributed by atoms with Gasteiger partial charge in [0.1, 0.15) is 17.2 Å². The van der Waals surface area contributed by atoms with Crippen LogP contribution < -0.4 is 4.90 Å². The Labute approximate surface area is 111 Å². The van der Waals surface area contributed by atoms with Gasteiger partial charge in [-0.1, -0.05) is 18.7 Å².